The summed E-state index contributed by atoms with van der Waals surface area (Å²) in [6.07, 6.45) is 1.02. The van der Waals surface area contributed by atoms with Gasteiger partial charge in [-0.05, 0) is 24.3 Å². The van der Waals surface area contributed by atoms with Gasteiger partial charge in [-0.1, -0.05) is 29.8 Å². The number of hydrogen-bond donors (Lipinski definition) is 1. The van der Waals surface area contributed by atoms with Crippen molar-refractivity contribution in [3.8, 4) is 0 Å². The van der Waals surface area contributed by atoms with Crippen LogP contribution in [0.3, 0.4) is 0 Å². The number of carbonyl (C=O) groups is 1. The molecule has 21 heavy (non-hydrogen) atoms. The Morgan fingerprint density at radius 3 is 2.76 bits per heavy atom. The highest BCUT2D eigenvalue weighted by molar-refractivity contribution is 6.35. The fourth-order valence-electron chi connectivity index (χ4n) is 1.88. The molecule has 0 saturated carbocycles. The predicted molar refractivity (Wildman–Crippen MR) is 78.9 cm³/mol. The van der Waals surface area contributed by atoms with Crippen molar-refractivity contribution < 1.29 is 9.18 Å². The fraction of sp³-hybridized carbons (Fsp3) is 0. The molecule has 0 fully saturated rings. The Kier molecular flexibility index (Phi) is 3.50. The zero-order valence-electron chi connectivity index (χ0n) is 10.7. The van der Waals surface area contributed by atoms with Gasteiger partial charge in [0.15, 0.2) is 0 Å². The number of aromatic nitrogens is 2. The van der Waals surface area contributed by atoms with E-state index in [1.54, 1.807) is 6.07 Å². The molecule has 1 amide bonds. The smallest absolute Gasteiger partial charge is 0.275 e. The third-order valence-corrected chi connectivity index (χ3v) is 3.18. The topological polar surface area (TPSA) is 54.9 Å². The third-order valence-electron chi connectivity index (χ3n) is 2.87. The van der Waals surface area contributed by atoms with Crippen LogP contribution < -0.4 is 5.32 Å². The SMILES string of the molecule is O=C(Nc1ccc(F)cn1)c1cc(Cl)c2ccccc2n1. The molecule has 2 aromatic heterocycles. The van der Waals surface area contributed by atoms with Crippen molar-refractivity contribution in [3.63, 3.8) is 0 Å². The van der Waals surface area contributed by atoms with Crippen LogP contribution in [0.4, 0.5) is 10.2 Å². The Bertz CT molecular complexity index is 821. The third kappa shape index (κ3) is 2.83. The van der Waals surface area contributed by atoms with Crippen molar-refractivity contribution in [3.05, 3.63) is 65.2 Å². The highest BCUT2D eigenvalue weighted by Crippen LogP contribution is 2.23. The largest absolute Gasteiger partial charge is 0.305 e. The van der Waals surface area contributed by atoms with Crippen LogP contribution in [0, 0.1) is 5.82 Å². The lowest BCUT2D eigenvalue weighted by molar-refractivity contribution is 0.102. The first-order chi connectivity index (χ1) is 10.1. The van der Waals surface area contributed by atoms with Crippen LogP contribution in [0.25, 0.3) is 10.9 Å². The fourth-order valence-corrected chi connectivity index (χ4v) is 2.14. The van der Waals surface area contributed by atoms with Crippen LogP contribution >= 0.6 is 11.6 Å². The van der Waals surface area contributed by atoms with Crippen LogP contribution in [0.2, 0.25) is 5.02 Å². The number of rotatable bonds is 2. The second kappa shape index (κ2) is 5.46. The second-order valence-electron chi connectivity index (χ2n) is 4.32. The van der Waals surface area contributed by atoms with E-state index in [2.05, 4.69) is 15.3 Å². The van der Waals surface area contributed by atoms with Crippen LogP contribution in [-0.4, -0.2) is 15.9 Å². The van der Waals surface area contributed by atoms with Crippen LogP contribution in [0.1, 0.15) is 10.5 Å². The molecular weight excluding hydrogens is 293 g/mol. The lowest BCUT2D eigenvalue weighted by Crippen LogP contribution is -2.14. The zero-order valence-corrected chi connectivity index (χ0v) is 11.4. The number of anilines is 1. The van der Waals surface area contributed by atoms with Crippen molar-refractivity contribution in [2.75, 3.05) is 5.32 Å². The van der Waals surface area contributed by atoms with E-state index in [-0.39, 0.29) is 11.5 Å². The monoisotopic (exact) mass is 301 g/mol. The quantitative estimate of drug-likeness (QED) is 0.785. The first-order valence-corrected chi connectivity index (χ1v) is 6.49. The number of hydrogen-bond acceptors (Lipinski definition) is 3. The number of carbonyl (C=O) groups excluding carboxylic acids is 1. The molecule has 1 N–H and O–H groups in total. The molecule has 3 rings (SSSR count). The lowest BCUT2D eigenvalue weighted by atomic mass is 10.2. The molecule has 0 unspecified atom stereocenters. The molecule has 1 aromatic carbocycles. The maximum Gasteiger partial charge on any atom is 0.275 e. The normalized spacial score (nSPS) is 10.6. The summed E-state index contributed by atoms with van der Waals surface area (Å²) >= 11 is 6.14. The first kappa shape index (κ1) is 13.5. The van der Waals surface area contributed by atoms with Gasteiger partial charge in [0.05, 0.1) is 16.7 Å². The van der Waals surface area contributed by atoms with Crippen LogP contribution in [0.15, 0.2) is 48.7 Å². The van der Waals surface area contributed by atoms with E-state index in [1.807, 2.05) is 18.2 Å². The summed E-state index contributed by atoms with van der Waals surface area (Å²) in [6.45, 7) is 0. The number of amides is 1. The van der Waals surface area contributed by atoms with Gasteiger partial charge in [0.1, 0.15) is 17.3 Å². The van der Waals surface area contributed by atoms with Crippen LogP contribution in [0.5, 0.6) is 0 Å². The minimum absolute atomic E-state index is 0.171. The summed E-state index contributed by atoms with van der Waals surface area (Å²) < 4.78 is 12.8. The second-order valence-corrected chi connectivity index (χ2v) is 4.73. The van der Waals surface area contributed by atoms with Gasteiger partial charge >= 0.3 is 0 Å². The highest BCUT2D eigenvalue weighted by atomic mass is 35.5. The average molecular weight is 302 g/mol. The molecule has 0 aliphatic rings. The van der Waals surface area contributed by atoms with Crippen molar-refractivity contribution in [1.82, 2.24) is 9.97 Å². The molecule has 0 bridgehead atoms. The van der Waals surface area contributed by atoms with Crippen molar-refractivity contribution >= 4 is 34.2 Å². The Hall–Kier alpha value is -2.53. The Labute approximate surface area is 124 Å². The molecule has 0 aliphatic heterocycles. The van der Waals surface area contributed by atoms with E-state index < -0.39 is 11.7 Å². The number of pyridine rings is 2. The highest BCUT2D eigenvalue weighted by Gasteiger charge is 2.12. The van der Waals surface area contributed by atoms with Gasteiger partial charge < -0.3 is 5.32 Å². The van der Waals surface area contributed by atoms with E-state index in [1.165, 1.54) is 18.2 Å². The molecule has 6 heteroatoms. The molecule has 3 aromatic rings. The molecule has 0 saturated heterocycles. The molecule has 0 radical (unpaired) electrons. The first-order valence-electron chi connectivity index (χ1n) is 6.12. The zero-order chi connectivity index (χ0) is 14.8. The number of nitrogens with one attached hydrogen (secondary N) is 1. The summed E-state index contributed by atoms with van der Waals surface area (Å²) in [6, 6.07) is 11.3. The molecular formula is C15H9ClFN3O. The lowest BCUT2D eigenvalue weighted by Gasteiger charge is -2.06. The predicted octanol–water partition coefficient (Wildman–Crippen LogP) is 3.67. The number of halogens is 2. The molecule has 4 nitrogen and oxygen atoms in total. The summed E-state index contributed by atoms with van der Waals surface area (Å²) in [4.78, 5) is 20.1. The summed E-state index contributed by atoms with van der Waals surface area (Å²) in [5.74, 6) is -0.686. The van der Waals surface area contributed by atoms with E-state index in [0.29, 0.717) is 10.5 Å². The molecule has 104 valence electrons. The summed E-state index contributed by atoms with van der Waals surface area (Å²) in [5.41, 5.74) is 0.798. The standard InChI is InChI=1S/C15H9ClFN3O/c16-11-7-13(19-12-4-2-1-3-10(11)12)15(21)20-14-6-5-9(17)8-18-14/h1-8H,(H,18,20,21). The van der Waals surface area contributed by atoms with Gasteiger partial charge in [-0.2, -0.15) is 0 Å². The molecule has 2 heterocycles. The van der Waals surface area contributed by atoms with E-state index in [4.69, 9.17) is 11.6 Å². The van der Waals surface area contributed by atoms with Crippen molar-refractivity contribution in [2.24, 2.45) is 0 Å². The van der Waals surface area contributed by atoms with Gasteiger partial charge in [-0.25, -0.2) is 14.4 Å². The average Bonchev–Trinajstić information content (AvgIpc) is 2.49. The molecule has 0 aliphatic carbocycles. The number of fused-ring (bicyclic) bond motifs is 1. The summed E-state index contributed by atoms with van der Waals surface area (Å²) in [7, 11) is 0. The van der Waals surface area contributed by atoms with E-state index in [9.17, 15) is 9.18 Å². The van der Waals surface area contributed by atoms with Crippen LogP contribution in [-0.2, 0) is 0 Å². The maximum absolute atomic E-state index is 12.8. The van der Waals surface area contributed by atoms with Gasteiger partial charge in [0, 0.05) is 5.39 Å². The Morgan fingerprint density at radius 1 is 1.19 bits per heavy atom. The van der Waals surface area contributed by atoms with Gasteiger partial charge in [0.25, 0.3) is 5.91 Å². The van der Waals surface area contributed by atoms with E-state index >= 15 is 0 Å². The Balaban J connectivity index is 1.92. The minimum Gasteiger partial charge on any atom is -0.305 e. The van der Waals surface area contributed by atoms with Gasteiger partial charge in [0.2, 0.25) is 0 Å². The minimum atomic E-state index is -0.472. The Morgan fingerprint density at radius 2 is 2.00 bits per heavy atom. The van der Waals surface area contributed by atoms with Gasteiger partial charge in [-0.15, -0.1) is 0 Å². The van der Waals surface area contributed by atoms with Crippen molar-refractivity contribution in [1.29, 1.82) is 0 Å². The number of benzene rings is 1. The molecule has 0 spiro atoms. The van der Waals surface area contributed by atoms with E-state index in [0.717, 1.165) is 11.6 Å². The molecule has 0 atom stereocenters. The number of para-hydroxylation sites is 1. The van der Waals surface area contributed by atoms with Crippen molar-refractivity contribution in [2.45, 2.75) is 0 Å². The number of nitrogens with zero attached hydrogens (tertiary/aromatic N) is 2. The summed E-state index contributed by atoms with van der Waals surface area (Å²) in [5, 5.41) is 3.76. The maximum atomic E-state index is 12.8. The van der Waals surface area contributed by atoms with Gasteiger partial charge in [-0.3, -0.25) is 4.79 Å².